The molecule has 24 heavy (non-hydrogen) atoms. The summed E-state index contributed by atoms with van der Waals surface area (Å²) in [7, 11) is 0. The van der Waals surface area contributed by atoms with E-state index in [1.165, 1.54) is 4.90 Å². The highest BCUT2D eigenvalue weighted by atomic mass is 127. The van der Waals surface area contributed by atoms with Crippen LogP contribution in [0.15, 0.2) is 51.8 Å². The lowest BCUT2D eigenvalue weighted by atomic mass is 10.3. The molecule has 2 heterocycles. The summed E-state index contributed by atoms with van der Waals surface area (Å²) in [6, 6.07) is 10.4. The Kier molecular flexibility index (Phi) is 8.13. The summed E-state index contributed by atoms with van der Waals surface area (Å²) >= 11 is 3.50. The Morgan fingerprint density at radius 2 is 1.96 bits per heavy atom. The molecule has 0 bridgehead atoms. The molecule has 2 N–H and O–H groups in total. The van der Waals surface area contributed by atoms with Crippen LogP contribution in [0.1, 0.15) is 0 Å². The first-order valence-electron chi connectivity index (χ1n) is 7.70. The molecule has 2 aromatic rings. The fourth-order valence-corrected chi connectivity index (χ4v) is 3.90. The van der Waals surface area contributed by atoms with E-state index in [9.17, 15) is 0 Å². The Morgan fingerprint density at radius 3 is 2.62 bits per heavy atom. The van der Waals surface area contributed by atoms with Gasteiger partial charge in [-0.2, -0.15) is 0 Å². The van der Waals surface area contributed by atoms with Crippen molar-refractivity contribution in [1.82, 2.24) is 9.88 Å². The number of hydrogen-bond donors (Lipinski definition) is 1. The molecule has 0 unspecified atom stereocenters. The zero-order chi connectivity index (χ0) is 15.9. The second-order valence-corrected chi connectivity index (χ2v) is 7.23. The van der Waals surface area contributed by atoms with Gasteiger partial charge in [-0.1, -0.05) is 18.2 Å². The van der Waals surface area contributed by atoms with Crippen LogP contribution < -0.4 is 10.6 Å². The number of halogens is 1. The number of anilines is 1. The van der Waals surface area contributed by atoms with Crippen molar-refractivity contribution < 1.29 is 0 Å². The first-order valence-corrected chi connectivity index (χ1v) is 9.56. The zero-order valence-corrected chi connectivity index (χ0v) is 17.3. The van der Waals surface area contributed by atoms with Gasteiger partial charge in [0.05, 0.1) is 6.54 Å². The fourth-order valence-electron chi connectivity index (χ4n) is 2.44. The van der Waals surface area contributed by atoms with Gasteiger partial charge in [0.15, 0.2) is 11.1 Å². The average molecular weight is 475 g/mol. The molecule has 1 saturated heterocycles. The molecular formula is C16H22IN5S2. The lowest BCUT2D eigenvalue weighted by molar-refractivity contribution is 0.381. The molecule has 130 valence electrons. The Bertz CT molecular complexity index is 613. The summed E-state index contributed by atoms with van der Waals surface area (Å²) in [5.74, 6) is 1.61. The van der Waals surface area contributed by atoms with Crippen LogP contribution in [0, 0.1) is 0 Å². The number of thiazole rings is 1. The molecule has 1 aromatic carbocycles. The summed E-state index contributed by atoms with van der Waals surface area (Å²) in [6.45, 7) is 4.45. The molecule has 8 heteroatoms. The number of piperazine rings is 1. The molecule has 0 atom stereocenters. The van der Waals surface area contributed by atoms with Gasteiger partial charge in [0.1, 0.15) is 0 Å². The van der Waals surface area contributed by atoms with E-state index in [0.717, 1.165) is 43.6 Å². The first kappa shape index (κ1) is 19.3. The van der Waals surface area contributed by atoms with Crippen molar-refractivity contribution in [1.29, 1.82) is 0 Å². The van der Waals surface area contributed by atoms with Crippen molar-refractivity contribution in [3.05, 3.63) is 41.9 Å². The molecule has 1 aromatic heterocycles. The van der Waals surface area contributed by atoms with E-state index in [2.05, 4.69) is 44.0 Å². The van der Waals surface area contributed by atoms with E-state index in [0.29, 0.717) is 5.96 Å². The Morgan fingerprint density at radius 1 is 1.21 bits per heavy atom. The Labute approximate surface area is 168 Å². The summed E-state index contributed by atoms with van der Waals surface area (Å²) < 4.78 is 0. The van der Waals surface area contributed by atoms with Crippen LogP contribution >= 0.6 is 47.1 Å². The third-order valence-corrected chi connectivity index (χ3v) is 5.49. The van der Waals surface area contributed by atoms with Gasteiger partial charge >= 0.3 is 0 Å². The molecule has 1 aliphatic heterocycles. The number of aliphatic imine (C=N–C) groups is 1. The van der Waals surface area contributed by atoms with Gasteiger partial charge in [0.2, 0.25) is 0 Å². The van der Waals surface area contributed by atoms with Gasteiger partial charge < -0.3 is 15.5 Å². The summed E-state index contributed by atoms with van der Waals surface area (Å²) in [6.07, 6.45) is 1.85. The van der Waals surface area contributed by atoms with E-state index in [-0.39, 0.29) is 24.0 Å². The van der Waals surface area contributed by atoms with Crippen molar-refractivity contribution >= 4 is 58.2 Å². The van der Waals surface area contributed by atoms with Crippen LogP contribution in [0.2, 0.25) is 0 Å². The van der Waals surface area contributed by atoms with Crippen molar-refractivity contribution in [2.75, 3.05) is 43.4 Å². The second-order valence-electron chi connectivity index (χ2n) is 5.19. The van der Waals surface area contributed by atoms with Crippen LogP contribution in [0.25, 0.3) is 0 Å². The van der Waals surface area contributed by atoms with E-state index >= 15 is 0 Å². The molecule has 0 aliphatic carbocycles. The number of benzene rings is 1. The largest absolute Gasteiger partial charge is 0.370 e. The minimum absolute atomic E-state index is 0. The molecule has 1 fully saturated rings. The number of thioether (sulfide) groups is 1. The average Bonchev–Trinajstić information content (AvgIpc) is 3.14. The number of guanidine groups is 1. The molecule has 0 spiro atoms. The minimum atomic E-state index is 0. The van der Waals surface area contributed by atoms with Crippen LogP contribution in [-0.2, 0) is 0 Å². The minimum Gasteiger partial charge on any atom is -0.370 e. The van der Waals surface area contributed by atoms with Crippen LogP contribution in [0.3, 0.4) is 0 Å². The van der Waals surface area contributed by atoms with Gasteiger partial charge in [-0.3, -0.25) is 4.99 Å². The molecule has 1 aliphatic rings. The highest BCUT2D eigenvalue weighted by Gasteiger charge is 2.19. The number of hydrogen-bond acceptors (Lipinski definition) is 5. The summed E-state index contributed by atoms with van der Waals surface area (Å²) in [5.41, 5.74) is 6.13. The van der Waals surface area contributed by atoms with E-state index < -0.39 is 0 Å². The molecule has 0 radical (unpaired) electrons. The number of nitrogens with zero attached hydrogens (tertiary/aromatic N) is 4. The second kappa shape index (κ2) is 10.1. The maximum atomic E-state index is 6.13. The quantitative estimate of drug-likeness (QED) is 0.237. The van der Waals surface area contributed by atoms with E-state index in [1.807, 2.05) is 29.4 Å². The first-order chi connectivity index (χ1) is 11.3. The van der Waals surface area contributed by atoms with Gasteiger partial charge in [0.25, 0.3) is 0 Å². The fraction of sp³-hybridized carbons (Fsp3) is 0.375. The number of rotatable bonds is 5. The molecular weight excluding hydrogens is 453 g/mol. The van der Waals surface area contributed by atoms with E-state index in [1.54, 1.807) is 11.3 Å². The summed E-state index contributed by atoms with van der Waals surface area (Å²) in [4.78, 5) is 14.6. The third kappa shape index (κ3) is 5.52. The van der Waals surface area contributed by atoms with Gasteiger partial charge in [-0.15, -0.1) is 47.1 Å². The smallest absolute Gasteiger partial charge is 0.191 e. The Balaban J connectivity index is 0.00000208. The molecule has 3 rings (SSSR count). The van der Waals surface area contributed by atoms with E-state index in [4.69, 9.17) is 5.73 Å². The third-order valence-electron chi connectivity index (χ3n) is 3.67. The van der Waals surface area contributed by atoms with Crippen LogP contribution in [-0.4, -0.2) is 54.3 Å². The Hall–Kier alpha value is -1.000. The van der Waals surface area contributed by atoms with Gasteiger partial charge in [-0.05, 0) is 12.1 Å². The predicted octanol–water partition coefficient (Wildman–Crippen LogP) is 2.99. The molecule has 5 nitrogen and oxygen atoms in total. The standard InChI is InChI=1S/C16H21N5S2.HI/c17-15(18-6-12-22-14-4-2-1-3-5-14)20-8-10-21(11-9-20)16-19-7-13-23-16;/h1-5,7,13H,6,8-12H2,(H2,17,18);1H. The maximum absolute atomic E-state index is 6.13. The maximum Gasteiger partial charge on any atom is 0.191 e. The SMILES string of the molecule is I.NC(=NCCSc1ccccc1)N1CCN(c2nccs2)CC1. The predicted molar refractivity (Wildman–Crippen MR) is 115 cm³/mol. The topological polar surface area (TPSA) is 57.8 Å². The highest BCUT2D eigenvalue weighted by molar-refractivity contribution is 14.0. The van der Waals surface area contributed by atoms with Crippen molar-refractivity contribution in [2.45, 2.75) is 4.90 Å². The monoisotopic (exact) mass is 475 g/mol. The summed E-state index contributed by atoms with van der Waals surface area (Å²) in [5, 5.41) is 3.11. The molecule has 0 amide bonds. The van der Waals surface area contributed by atoms with Crippen molar-refractivity contribution in [3.63, 3.8) is 0 Å². The zero-order valence-electron chi connectivity index (χ0n) is 13.4. The highest BCUT2D eigenvalue weighted by Crippen LogP contribution is 2.19. The number of nitrogens with two attached hydrogens (primary N) is 1. The van der Waals surface area contributed by atoms with Gasteiger partial charge in [0, 0.05) is 48.4 Å². The van der Waals surface area contributed by atoms with Crippen LogP contribution in [0.4, 0.5) is 5.13 Å². The van der Waals surface area contributed by atoms with Crippen molar-refractivity contribution in [3.8, 4) is 0 Å². The van der Waals surface area contributed by atoms with Gasteiger partial charge in [-0.25, -0.2) is 4.98 Å². The molecule has 0 saturated carbocycles. The lowest BCUT2D eigenvalue weighted by Crippen LogP contribution is -2.51. The number of aromatic nitrogens is 1. The van der Waals surface area contributed by atoms with Crippen molar-refractivity contribution in [2.24, 2.45) is 10.7 Å². The normalized spacial score (nSPS) is 15.2. The van der Waals surface area contributed by atoms with Crippen LogP contribution in [0.5, 0.6) is 0 Å². The lowest BCUT2D eigenvalue weighted by Gasteiger charge is -2.35.